The number of rotatable bonds is 5. The molecule has 0 amide bonds. The van der Waals surface area contributed by atoms with E-state index < -0.39 is 5.97 Å². The van der Waals surface area contributed by atoms with E-state index in [1.807, 2.05) is 50.2 Å². The third-order valence-corrected chi connectivity index (χ3v) is 4.47. The second kappa shape index (κ2) is 11.0. The summed E-state index contributed by atoms with van der Waals surface area (Å²) in [6, 6.07) is 18.5. The van der Waals surface area contributed by atoms with E-state index in [9.17, 15) is 4.79 Å². The molecule has 0 saturated carbocycles. The van der Waals surface area contributed by atoms with Crippen molar-refractivity contribution in [3.05, 3.63) is 83.2 Å². The van der Waals surface area contributed by atoms with Gasteiger partial charge in [-0.1, -0.05) is 30.3 Å². The molecule has 0 fully saturated rings. The summed E-state index contributed by atoms with van der Waals surface area (Å²) in [5, 5.41) is 9.56. The van der Waals surface area contributed by atoms with Gasteiger partial charge in [0, 0.05) is 17.1 Å². The number of esters is 1. The van der Waals surface area contributed by atoms with Crippen LogP contribution in [0, 0.1) is 13.8 Å². The van der Waals surface area contributed by atoms with E-state index in [1.54, 1.807) is 24.3 Å². The number of aromatic nitrogens is 2. The zero-order valence-corrected chi connectivity index (χ0v) is 18.9. The quantitative estimate of drug-likeness (QED) is 0.234. The molecule has 164 valence electrons. The Morgan fingerprint density at radius 1 is 1.00 bits per heavy atom. The Bertz CT molecular complexity index is 1100. The molecule has 3 aromatic rings. The van der Waals surface area contributed by atoms with Gasteiger partial charge in [-0.05, 0) is 62.0 Å². The molecule has 0 bridgehead atoms. The van der Waals surface area contributed by atoms with Crippen LogP contribution in [-0.2, 0) is 11.3 Å². The monoisotopic (exact) mass is 448 g/mol. The van der Waals surface area contributed by atoms with Gasteiger partial charge < -0.3 is 15.4 Å². The van der Waals surface area contributed by atoms with Crippen molar-refractivity contribution in [2.24, 2.45) is 4.99 Å². The number of nitrogens with zero attached hydrogens (tertiary/aromatic N) is 3. The van der Waals surface area contributed by atoms with Crippen LogP contribution >= 0.6 is 12.2 Å². The fourth-order valence-corrected chi connectivity index (χ4v) is 3.04. The Morgan fingerprint density at radius 3 is 2.28 bits per heavy atom. The zero-order valence-electron chi connectivity index (χ0n) is 18.0. The van der Waals surface area contributed by atoms with Gasteiger partial charge >= 0.3 is 5.97 Å². The number of carbonyl (C=O) groups excluding carboxylic acids is 1. The highest BCUT2D eigenvalue weighted by Gasteiger charge is 2.09. The van der Waals surface area contributed by atoms with Gasteiger partial charge in [0.2, 0.25) is 11.9 Å². The lowest BCUT2D eigenvalue weighted by atomic mass is 10.2. The predicted molar refractivity (Wildman–Crippen MR) is 130 cm³/mol. The van der Waals surface area contributed by atoms with E-state index in [-0.39, 0.29) is 0 Å². The first kappa shape index (κ1) is 22.8. The normalized spacial score (nSPS) is 10.9. The Kier molecular flexibility index (Phi) is 7.82. The smallest absolute Gasteiger partial charge is 0.337 e. The molecule has 8 nitrogen and oxygen atoms in total. The Balaban J connectivity index is 1.73. The van der Waals surface area contributed by atoms with E-state index in [0.29, 0.717) is 34.8 Å². The highest BCUT2D eigenvalue weighted by molar-refractivity contribution is 7.80. The molecule has 3 N–H and O–H groups in total. The van der Waals surface area contributed by atoms with Crippen molar-refractivity contribution >= 4 is 40.9 Å². The number of aliphatic imine (C=N–C) groups is 1. The second-order valence-corrected chi connectivity index (χ2v) is 7.31. The van der Waals surface area contributed by atoms with Gasteiger partial charge in [0.15, 0.2) is 5.11 Å². The number of methoxy groups -OCH3 is 1. The molecule has 0 saturated heterocycles. The number of nitrogens with one attached hydrogen (secondary N) is 3. The number of hydrogen-bond acceptors (Lipinski definition) is 6. The van der Waals surface area contributed by atoms with E-state index in [0.717, 1.165) is 17.0 Å². The van der Waals surface area contributed by atoms with Crippen LogP contribution in [0.2, 0.25) is 0 Å². The molecule has 0 aliphatic rings. The standard InChI is InChI=1S/C23H24N6O2S/c1-15-13-16(2)26-22(25-15)28-21(24-14-17-7-5-4-6-8-17)29-23(32)27-19-11-9-18(10-12-19)20(30)31-3/h4-13H,14H2,1-3H3,(H3,24,25,26,27,28,29,32). The van der Waals surface area contributed by atoms with Crippen molar-refractivity contribution in [1.29, 1.82) is 0 Å². The van der Waals surface area contributed by atoms with Crippen molar-refractivity contribution in [2.75, 3.05) is 17.7 Å². The van der Waals surface area contributed by atoms with Crippen molar-refractivity contribution in [3.63, 3.8) is 0 Å². The zero-order chi connectivity index (χ0) is 22.9. The topological polar surface area (TPSA) is 101 Å². The van der Waals surface area contributed by atoms with Gasteiger partial charge in [-0.3, -0.25) is 5.32 Å². The third-order valence-electron chi connectivity index (χ3n) is 4.27. The molecule has 0 aliphatic heterocycles. The highest BCUT2D eigenvalue weighted by atomic mass is 32.1. The molecule has 0 spiro atoms. The number of hydrogen-bond donors (Lipinski definition) is 3. The fraction of sp³-hybridized carbons (Fsp3) is 0.174. The van der Waals surface area contributed by atoms with Crippen molar-refractivity contribution in [1.82, 2.24) is 15.3 Å². The molecule has 0 unspecified atom stereocenters. The number of benzene rings is 2. The minimum atomic E-state index is -0.398. The molecule has 32 heavy (non-hydrogen) atoms. The molecular formula is C23H24N6O2S. The summed E-state index contributed by atoms with van der Waals surface area (Å²) in [5.41, 5.74) is 3.89. The van der Waals surface area contributed by atoms with E-state index >= 15 is 0 Å². The molecule has 0 radical (unpaired) electrons. The number of carbonyl (C=O) groups is 1. The van der Waals surface area contributed by atoms with Crippen molar-refractivity contribution in [2.45, 2.75) is 20.4 Å². The van der Waals surface area contributed by atoms with Gasteiger partial charge in [0.25, 0.3) is 0 Å². The molecular weight excluding hydrogens is 424 g/mol. The summed E-state index contributed by atoms with van der Waals surface area (Å²) in [4.78, 5) is 25.0. The first-order valence-corrected chi connectivity index (χ1v) is 10.3. The Morgan fingerprint density at radius 2 is 1.66 bits per heavy atom. The molecule has 0 aliphatic carbocycles. The van der Waals surface area contributed by atoms with Gasteiger partial charge in [-0.25, -0.2) is 19.8 Å². The molecule has 9 heteroatoms. The SMILES string of the molecule is COC(=O)c1ccc(NC(=S)NC(=NCc2ccccc2)Nc2nc(C)cc(C)n2)cc1. The summed E-state index contributed by atoms with van der Waals surface area (Å²) in [6.45, 7) is 4.24. The summed E-state index contributed by atoms with van der Waals surface area (Å²) >= 11 is 5.44. The van der Waals surface area contributed by atoms with E-state index in [4.69, 9.17) is 17.0 Å². The van der Waals surface area contributed by atoms with Crippen LogP contribution < -0.4 is 16.0 Å². The van der Waals surface area contributed by atoms with Crippen molar-refractivity contribution < 1.29 is 9.53 Å². The lowest BCUT2D eigenvalue weighted by Gasteiger charge is -2.14. The largest absolute Gasteiger partial charge is 0.465 e. The van der Waals surface area contributed by atoms with Crippen LogP contribution in [0.3, 0.4) is 0 Å². The van der Waals surface area contributed by atoms with Crippen LogP contribution in [0.5, 0.6) is 0 Å². The van der Waals surface area contributed by atoms with Gasteiger partial charge in [-0.2, -0.15) is 0 Å². The average Bonchev–Trinajstić information content (AvgIpc) is 2.77. The van der Waals surface area contributed by atoms with Crippen LogP contribution in [0.15, 0.2) is 65.7 Å². The molecule has 3 rings (SSSR count). The van der Waals surface area contributed by atoms with E-state index in [2.05, 4.69) is 30.9 Å². The highest BCUT2D eigenvalue weighted by Crippen LogP contribution is 2.11. The maximum atomic E-state index is 11.6. The first-order valence-electron chi connectivity index (χ1n) is 9.87. The summed E-state index contributed by atoms with van der Waals surface area (Å²) in [6.07, 6.45) is 0. The first-order chi connectivity index (χ1) is 15.4. The number of anilines is 2. The summed E-state index contributed by atoms with van der Waals surface area (Å²) in [7, 11) is 1.34. The van der Waals surface area contributed by atoms with Crippen LogP contribution in [-0.4, -0.2) is 34.1 Å². The predicted octanol–water partition coefficient (Wildman–Crippen LogP) is 3.83. The average molecular weight is 449 g/mol. The second-order valence-electron chi connectivity index (χ2n) is 6.90. The van der Waals surface area contributed by atoms with Crippen molar-refractivity contribution in [3.8, 4) is 0 Å². The van der Waals surface area contributed by atoms with Crippen LogP contribution in [0.4, 0.5) is 11.6 Å². The molecule has 2 aromatic carbocycles. The van der Waals surface area contributed by atoms with Crippen LogP contribution in [0.25, 0.3) is 0 Å². The van der Waals surface area contributed by atoms with Gasteiger partial charge in [-0.15, -0.1) is 0 Å². The number of ether oxygens (including phenoxy) is 1. The molecule has 1 heterocycles. The minimum Gasteiger partial charge on any atom is -0.465 e. The number of guanidine groups is 1. The molecule has 1 aromatic heterocycles. The Labute approximate surface area is 192 Å². The van der Waals surface area contributed by atoms with Gasteiger partial charge in [0.1, 0.15) is 0 Å². The molecule has 0 atom stereocenters. The Hall–Kier alpha value is -3.85. The summed E-state index contributed by atoms with van der Waals surface area (Å²) < 4.78 is 4.71. The maximum Gasteiger partial charge on any atom is 0.337 e. The van der Waals surface area contributed by atoms with E-state index in [1.165, 1.54) is 7.11 Å². The van der Waals surface area contributed by atoms with Crippen LogP contribution in [0.1, 0.15) is 27.3 Å². The third kappa shape index (κ3) is 6.85. The van der Waals surface area contributed by atoms with Gasteiger partial charge in [0.05, 0.1) is 19.2 Å². The lowest BCUT2D eigenvalue weighted by Crippen LogP contribution is -2.39. The number of aryl methyl sites for hydroxylation is 2. The summed E-state index contributed by atoms with van der Waals surface area (Å²) in [5.74, 6) is 0.430. The fourth-order valence-electron chi connectivity index (χ4n) is 2.83. The minimum absolute atomic E-state index is 0.319. The maximum absolute atomic E-state index is 11.6. The number of thiocarbonyl (C=S) groups is 1. The lowest BCUT2D eigenvalue weighted by molar-refractivity contribution is 0.0601.